The van der Waals surface area contributed by atoms with Gasteiger partial charge in [0.1, 0.15) is 28.3 Å². The van der Waals surface area contributed by atoms with Crippen LogP contribution in [0.3, 0.4) is 0 Å². The number of aliphatic carboxylic acids is 1. The molecule has 2 atom stereocenters. The van der Waals surface area contributed by atoms with Crippen LogP contribution < -0.4 is 10.6 Å². The van der Waals surface area contributed by atoms with Gasteiger partial charge in [-0.2, -0.15) is 0 Å². The number of hydrogen-bond acceptors (Lipinski definition) is 15. The minimum Gasteiger partial charge on any atom is -0.477 e. The number of nitrogens with one attached hydrogen (secondary N) is 2. The molecule has 3 amide bonds. The fourth-order valence-electron chi connectivity index (χ4n) is 3.24. The van der Waals surface area contributed by atoms with Crippen LogP contribution in [0.15, 0.2) is 31.7 Å². The summed E-state index contributed by atoms with van der Waals surface area (Å²) in [6, 6.07) is -0.978. The average Bonchev–Trinajstić information content (AvgIpc) is 3.58. The van der Waals surface area contributed by atoms with Crippen LogP contribution in [0.5, 0.6) is 0 Å². The highest BCUT2D eigenvalue weighted by atomic mass is 32.2. The molecule has 2 aromatic rings. The lowest BCUT2D eigenvalue weighted by atomic mass is 10.0. The highest BCUT2D eigenvalue weighted by molar-refractivity contribution is 8.01. The van der Waals surface area contributed by atoms with Gasteiger partial charge in [0.05, 0.1) is 7.11 Å². The number of hydrogen-bond donors (Lipinski definition) is 3. The van der Waals surface area contributed by atoms with Crippen molar-refractivity contribution in [2.24, 2.45) is 5.16 Å². The van der Waals surface area contributed by atoms with Crippen LogP contribution in [-0.4, -0.2) is 91.1 Å². The molecule has 4 rings (SSSR count). The Balaban J connectivity index is 1.48. The van der Waals surface area contributed by atoms with E-state index in [9.17, 15) is 24.3 Å². The smallest absolute Gasteiger partial charge is 0.352 e. The Labute approximate surface area is 229 Å². The summed E-state index contributed by atoms with van der Waals surface area (Å²) >= 11 is 6.04. The summed E-state index contributed by atoms with van der Waals surface area (Å²) < 4.78 is 5.50. The molecule has 3 N–H and O–H groups in total. The van der Waals surface area contributed by atoms with Gasteiger partial charge in [0, 0.05) is 28.9 Å². The minimum atomic E-state index is -1.22. The number of aromatic nitrogens is 3. The fraction of sp³-hybridized carbons (Fsp3) is 0.333. The number of anilines is 1. The molecule has 1 unspecified atom stereocenters. The third-order valence-electron chi connectivity index (χ3n) is 4.77. The molecule has 37 heavy (non-hydrogen) atoms. The molecule has 0 aromatic carbocycles. The molecule has 0 radical (unpaired) electrons. The van der Waals surface area contributed by atoms with Gasteiger partial charge in [0.2, 0.25) is 6.41 Å². The van der Waals surface area contributed by atoms with Crippen LogP contribution in [0.25, 0.3) is 0 Å². The zero-order valence-corrected chi connectivity index (χ0v) is 22.8. The molecule has 2 aliphatic rings. The minimum absolute atomic E-state index is 0.0178. The van der Waals surface area contributed by atoms with Crippen molar-refractivity contribution in [3.8, 4) is 0 Å². The maximum absolute atomic E-state index is 13.1. The quantitative estimate of drug-likeness (QED) is 0.0432. The van der Waals surface area contributed by atoms with E-state index in [2.05, 4.69) is 31.0 Å². The molecular weight excluding hydrogens is 587 g/mol. The maximum Gasteiger partial charge on any atom is 0.352 e. The van der Waals surface area contributed by atoms with E-state index in [0.717, 1.165) is 23.4 Å². The van der Waals surface area contributed by atoms with E-state index >= 15 is 0 Å². The van der Waals surface area contributed by atoms with Gasteiger partial charge in [-0.15, -0.1) is 33.3 Å². The first-order valence-corrected chi connectivity index (χ1v) is 14.8. The second-order valence-electron chi connectivity index (χ2n) is 6.88. The van der Waals surface area contributed by atoms with Crippen LogP contribution in [0, 0.1) is 0 Å². The molecule has 0 bridgehead atoms. The van der Waals surface area contributed by atoms with Crippen molar-refractivity contribution >= 4 is 93.3 Å². The number of carbonyl (C=O) groups excluding carboxylic acids is 3. The van der Waals surface area contributed by atoms with Gasteiger partial charge in [0.15, 0.2) is 21.1 Å². The summed E-state index contributed by atoms with van der Waals surface area (Å²) in [7, 11) is 1.44. The SMILES string of the molecule is COSCO/N=C(\C(=O)NC1C(=O)N2C(C(=O)O)=C(CSc3nncs3)CS[C@H]12)c1csc(NC=O)n1. The zero-order chi connectivity index (χ0) is 26.4. The van der Waals surface area contributed by atoms with Crippen LogP contribution in [-0.2, 0) is 28.2 Å². The van der Waals surface area contributed by atoms with Crippen molar-refractivity contribution in [3.63, 3.8) is 0 Å². The third kappa shape index (κ3) is 6.24. The van der Waals surface area contributed by atoms with Gasteiger partial charge in [-0.1, -0.05) is 28.3 Å². The van der Waals surface area contributed by atoms with E-state index in [4.69, 9.17) is 9.02 Å². The predicted molar refractivity (Wildman–Crippen MR) is 139 cm³/mol. The monoisotopic (exact) mass is 603 g/mol. The lowest BCUT2D eigenvalue weighted by Gasteiger charge is -2.49. The molecule has 2 aromatic heterocycles. The molecule has 14 nitrogen and oxygen atoms in total. The van der Waals surface area contributed by atoms with Gasteiger partial charge >= 0.3 is 5.97 Å². The molecule has 1 fully saturated rings. The lowest BCUT2D eigenvalue weighted by Crippen LogP contribution is -2.71. The van der Waals surface area contributed by atoms with Gasteiger partial charge in [-0.3, -0.25) is 19.3 Å². The number of carboxylic acids is 1. The largest absolute Gasteiger partial charge is 0.477 e. The highest BCUT2D eigenvalue weighted by Gasteiger charge is 2.54. The number of thioether (sulfide) groups is 2. The predicted octanol–water partition coefficient (Wildman–Crippen LogP) is 1.07. The number of nitrogens with zero attached hydrogens (tertiary/aromatic N) is 5. The van der Waals surface area contributed by atoms with Crippen LogP contribution in [0.2, 0.25) is 0 Å². The van der Waals surface area contributed by atoms with E-state index in [0.29, 0.717) is 27.8 Å². The van der Waals surface area contributed by atoms with Gasteiger partial charge in [-0.25, -0.2) is 9.78 Å². The molecule has 0 aliphatic carbocycles. The molecule has 19 heteroatoms. The van der Waals surface area contributed by atoms with Crippen molar-refractivity contribution < 1.29 is 33.3 Å². The number of β-lactam (4-membered cyclic amide) rings is 1. The van der Waals surface area contributed by atoms with E-state index < -0.39 is 29.2 Å². The first kappa shape index (κ1) is 27.3. The van der Waals surface area contributed by atoms with Crippen LogP contribution in [0.1, 0.15) is 5.69 Å². The van der Waals surface area contributed by atoms with Gasteiger partial charge in [0.25, 0.3) is 11.8 Å². The zero-order valence-electron chi connectivity index (χ0n) is 18.7. The Morgan fingerprint density at radius 1 is 1.41 bits per heavy atom. The standard InChI is InChI=1S/C18H17N7O7S5/c1-31-37-7-32-24-10(9-4-34-17(21-9)19-5-26)13(27)22-11-14(28)25-12(16(29)30)8(2-33-15(11)25)3-35-18-23-20-6-36-18/h4-6,11,15H,2-3,7H2,1H3,(H,22,27)(H,29,30)(H,19,21,26)/b24-10-/t11?,15-/m1/s1. The number of rotatable bonds is 13. The number of fused-ring (bicyclic) bond motifs is 1. The Hall–Kier alpha value is -2.71. The van der Waals surface area contributed by atoms with Crippen molar-refractivity contribution in [1.29, 1.82) is 0 Å². The number of thiazole rings is 1. The Kier molecular flexibility index (Phi) is 9.38. The lowest BCUT2D eigenvalue weighted by molar-refractivity contribution is -0.150. The number of oxime groups is 1. The van der Waals surface area contributed by atoms with Crippen molar-refractivity contribution in [1.82, 2.24) is 25.4 Å². The van der Waals surface area contributed by atoms with Gasteiger partial charge < -0.3 is 24.8 Å². The summed E-state index contributed by atoms with van der Waals surface area (Å²) in [6.45, 7) is 0. The molecule has 0 saturated carbocycles. The third-order valence-corrected chi connectivity index (χ3v) is 9.26. The summed E-state index contributed by atoms with van der Waals surface area (Å²) in [5, 5.41) is 27.5. The first-order chi connectivity index (χ1) is 17.9. The topological polar surface area (TPSA) is 185 Å². The van der Waals surface area contributed by atoms with E-state index in [1.54, 1.807) is 5.51 Å². The van der Waals surface area contributed by atoms with Crippen LogP contribution in [0.4, 0.5) is 5.13 Å². The fourth-order valence-corrected chi connectivity index (χ4v) is 7.06. The summed E-state index contributed by atoms with van der Waals surface area (Å²) in [5.41, 5.74) is 1.97. The Morgan fingerprint density at radius 3 is 2.95 bits per heavy atom. The molecule has 1 saturated heterocycles. The number of amides is 3. The van der Waals surface area contributed by atoms with Crippen molar-refractivity contribution in [2.75, 3.05) is 29.9 Å². The molecule has 196 valence electrons. The maximum atomic E-state index is 13.1. The Bertz CT molecular complexity index is 1240. The van der Waals surface area contributed by atoms with Gasteiger partial charge in [-0.05, 0) is 5.57 Å². The average molecular weight is 604 g/mol. The van der Waals surface area contributed by atoms with Crippen LogP contribution >= 0.6 is 58.2 Å². The van der Waals surface area contributed by atoms with E-state index in [1.165, 1.54) is 52.3 Å². The molecule has 2 aliphatic heterocycles. The number of carbonyl (C=O) groups is 4. The summed E-state index contributed by atoms with van der Waals surface area (Å²) in [6.07, 6.45) is 0.446. The van der Waals surface area contributed by atoms with Crippen molar-refractivity contribution in [3.05, 3.63) is 27.9 Å². The second-order valence-corrected chi connectivity index (χ2v) is 11.7. The molecule has 4 heterocycles. The highest BCUT2D eigenvalue weighted by Crippen LogP contribution is 2.41. The summed E-state index contributed by atoms with van der Waals surface area (Å²) in [5.74, 6) is -1.85. The Morgan fingerprint density at radius 2 is 2.24 bits per heavy atom. The summed E-state index contributed by atoms with van der Waals surface area (Å²) in [4.78, 5) is 59.3. The second kappa shape index (κ2) is 12.7. The molecule has 0 spiro atoms. The van der Waals surface area contributed by atoms with Crippen molar-refractivity contribution in [2.45, 2.75) is 15.8 Å². The first-order valence-electron chi connectivity index (χ1n) is 10.1. The normalized spacial score (nSPS) is 19.2. The number of carboxylic acid groups (broad SMARTS) is 1. The van der Waals surface area contributed by atoms with E-state index in [1.807, 2.05) is 0 Å². The van der Waals surface area contributed by atoms with E-state index in [-0.39, 0.29) is 28.2 Å². The molecular formula is C18H17N7O7S5.